The van der Waals surface area contributed by atoms with E-state index in [0.717, 1.165) is 17.7 Å². The van der Waals surface area contributed by atoms with Gasteiger partial charge in [0.2, 0.25) is 0 Å². The van der Waals surface area contributed by atoms with E-state index in [0.29, 0.717) is 17.8 Å². The van der Waals surface area contributed by atoms with Crippen LogP contribution in [0.2, 0.25) is 0 Å². The molecule has 114 valence electrons. The normalized spacial score (nSPS) is 9.91. The zero-order chi connectivity index (χ0) is 15.9. The highest BCUT2D eigenvalue weighted by Crippen LogP contribution is 2.20. The molecule has 0 aliphatic heterocycles. The van der Waals surface area contributed by atoms with Crippen LogP contribution in [-0.4, -0.2) is 21.3 Å². The van der Waals surface area contributed by atoms with E-state index in [2.05, 4.69) is 16.0 Å². The molecule has 0 aliphatic rings. The van der Waals surface area contributed by atoms with E-state index in [1.807, 2.05) is 19.1 Å². The molecule has 0 saturated carbocycles. The van der Waals surface area contributed by atoms with Crippen molar-refractivity contribution in [3.05, 3.63) is 59.7 Å². The van der Waals surface area contributed by atoms with Crippen molar-refractivity contribution in [3.63, 3.8) is 0 Å². The number of nitrogens with two attached hydrogens (primary N) is 1. The first-order valence-corrected chi connectivity index (χ1v) is 6.55. The van der Waals surface area contributed by atoms with Gasteiger partial charge in [-0.1, -0.05) is 23.4 Å². The Bertz CT molecular complexity index is 736. The van der Waals surface area contributed by atoms with Gasteiger partial charge in [-0.3, -0.25) is 10.1 Å². The zero-order valence-electron chi connectivity index (χ0n) is 12.0. The number of benzene rings is 1. The number of halogens is 1. The van der Waals surface area contributed by atoms with Crippen LogP contribution < -0.4 is 5.73 Å². The van der Waals surface area contributed by atoms with Gasteiger partial charge < -0.3 is 10.3 Å². The van der Waals surface area contributed by atoms with E-state index in [-0.39, 0.29) is 5.82 Å². The molecule has 2 heterocycles. The molecule has 6 nitrogen and oxygen atoms in total. The van der Waals surface area contributed by atoms with Gasteiger partial charge in [-0.05, 0) is 19.1 Å². The minimum Gasteiger partial charge on any atom is -0.390 e. The van der Waals surface area contributed by atoms with E-state index in [1.165, 1.54) is 12.3 Å². The van der Waals surface area contributed by atoms with Gasteiger partial charge in [0.1, 0.15) is 17.8 Å². The second-order valence-corrected chi connectivity index (χ2v) is 4.47. The predicted octanol–water partition coefficient (Wildman–Crippen LogP) is 2.59. The van der Waals surface area contributed by atoms with Crippen LogP contribution in [0.15, 0.2) is 47.2 Å². The third kappa shape index (κ3) is 3.57. The molecule has 3 N–H and O–H groups in total. The van der Waals surface area contributed by atoms with Crippen LogP contribution in [0.5, 0.6) is 0 Å². The van der Waals surface area contributed by atoms with Gasteiger partial charge in [-0.15, -0.1) is 0 Å². The number of rotatable bonds is 3. The number of aromatic nitrogens is 3. The molecule has 0 fully saturated rings. The van der Waals surface area contributed by atoms with Crippen LogP contribution in [0, 0.1) is 18.2 Å². The summed E-state index contributed by atoms with van der Waals surface area (Å²) in [6, 6.07) is 10.3. The Hall–Kier alpha value is -2.96. The smallest absolute Gasteiger partial charge is 0.131 e. The molecule has 0 bridgehead atoms. The molecule has 0 radical (unpaired) electrons. The predicted molar refractivity (Wildman–Crippen MR) is 80.9 cm³/mol. The highest BCUT2D eigenvalue weighted by atomic mass is 19.1. The maximum Gasteiger partial charge on any atom is 0.131 e. The summed E-state index contributed by atoms with van der Waals surface area (Å²) in [7, 11) is 0. The first-order chi connectivity index (χ1) is 10.7. The summed E-state index contributed by atoms with van der Waals surface area (Å²) in [4.78, 5) is 0. The molecule has 0 atom stereocenters. The van der Waals surface area contributed by atoms with E-state index >= 15 is 0 Å². The second-order valence-electron chi connectivity index (χ2n) is 4.47. The lowest BCUT2D eigenvalue weighted by Gasteiger charge is -2.06. The number of nitrogens with one attached hydrogen (secondary N) is 1. The van der Waals surface area contributed by atoms with Gasteiger partial charge in [0, 0.05) is 11.6 Å². The highest BCUT2D eigenvalue weighted by Gasteiger charge is 2.12. The van der Waals surface area contributed by atoms with E-state index in [9.17, 15) is 4.39 Å². The maximum atomic E-state index is 13.7. The van der Waals surface area contributed by atoms with E-state index in [1.54, 1.807) is 22.9 Å². The minimum atomic E-state index is -0.234. The van der Waals surface area contributed by atoms with Crippen molar-refractivity contribution in [2.24, 2.45) is 5.73 Å². The van der Waals surface area contributed by atoms with E-state index in [4.69, 9.17) is 9.93 Å². The van der Waals surface area contributed by atoms with Crippen molar-refractivity contribution < 1.29 is 8.91 Å². The average molecular weight is 301 g/mol. The molecule has 22 heavy (non-hydrogen) atoms. The maximum absolute atomic E-state index is 13.7. The number of aryl methyl sites for hydroxylation is 1. The number of hydrogen-bond donors (Lipinski definition) is 2. The SMILES string of the molecule is Cc1cc(-c2ccon2)n(Cc2ccccc2F)n1.N=CN. The molecule has 0 spiro atoms. The summed E-state index contributed by atoms with van der Waals surface area (Å²) < 4.78 is 20.3. The molecule has 2 aromatic heterocycles. The molecule has 0 saturated heterocycles. The Morgan fingerprint density at radius 2 is 2.09 bits per heavy atom. The molecular formula is C15H16FN5O. The Labute approximate surface area is 126 Å². The lowest BCUT2D eigenvalue weighted by molar-refractivity contribution is 0.421. The monoisotopic (exact) mass is 301 g/mol. The van der Waals surface area contributed by atoms with Gasteiger partial charge >= 0.3 is 0 Å². The average Bonchev–Trinajstić information content (AvgIpc) is 3.12. The van der Waals surface area contributed by atoms with Crippen LogP contribution in [-0.2, 0) is 6.54 Å². The third-order valence-electron chi connectivity index (χ3n) is 2.88. The second kappa shape index (κ2) is 7.16. The zero-order valence-corrected chi connectivity index (χ0v) is 12.0. The lowest BCUT2D eigenvalue weighted by atomic mass is 10.2. The Morgan fingerprint density at radius 1 is 1.36 bits per heavy atom. The summed E-state index contributed by atoms with van der Waals surface area (Å²) in [6.45, 7) is 2.25. The minimum absolute atomic E-state index is 0.234. The Balaban J connectivity index is 0.000000545. The quantitative estimate of drug-likeness (QED) is 0.574. The van der Waals surface area contributed by atoms with Gasteiger partial charge in [-0.25, -0.2) is 4.39 Å². The Morgan fingerprint density at radius 3 is 2.73 bits per heavy atom. The van der Waals surface area contributed by atoms with Gasteiger partial charge in [-0.2, -0.15) is 5.10 Å². The molecule has 0 unspecified atom stereocenters. The summed E-state index contributed by atoms with van der Waals surface area (Å²) in [5.41, 5.74) is 7.34. The summed E-state index contributed by atoms with van der Waals surface area (Å²) in [5, 5.41) is 14.1. The van der Waals surface area contributed by atoms with Gasteiger partial charge in [0.05, 0.1) is 24.3 Å². The standard InChI is InChI=1S/C14H12FN3O.CH4N2/c1-10-8-14(13-6-7-19-17-13)18(16-10)9-11-4-2-3-5-12(11)15;2-1-3/h2-8H,9H2,1H3;1H,(H3,2,3). The fourth-order valence-electron chi connectivity index (χ4n) is 2.00. The Kier molecular flexibility index (Phi) is 5.02. The molecule has 7 heteroatoms. The van der Waals surface area contributed by atoms with Crippen molar-refractivity contribution >= 4 is 6.34 Å². The summed E-state index contributed by atoms with van der Waals surface area (Å²) in [5.74, 6) is -0.234. The first-order valence-electron chi connectivity index (χ1n) is 6.55. The molecule has 0 aliphatic carbocycles. The van der Waals surface area contributed by atoms with Crippen LogP contribution in [0.3, 0.4) is 0 Å². The van der Waals surface area contributed by atoms with Crippen LogP contribution in [0.1, 0.15) is 11.3 Å². The molecule has 3 aromatic rings. The van der Waals surface area contributed by atoms with Crippen molar-refractivity contribution in [1.29, 1.82) is 5.41 Å². The summed E-state index contributed by atoms with van der Waals surface area (Å²) >= 11 is 0. The molecule has 1 aromatic carbocycles. The van der Waals surface area contributed by atoms with E-state index < -0.39 is 0 Å². The lowest BCUT2D eigenvalue weighted by Crippen LogP contribution is -2.05. The third-order valence-corrected chi connectivity index (χ3v) is 2.88. The van der Waals surface area contributed by atoms with Gasteiger partial charge in [0.25, 0.3) is 0 Å². The molecule has 0 amide bonds. The van der Waals surface area contributed by atoms with Gasteiger partial charge in [0.15, 0.2) is 0 Å². The van der Waals surface area contributed by atoms with Crippen molar-refractivity contribution in [1.82, 2.24) is 14.9 Å². The van der Waals surface area contributed by atoms with Crippen LogP contribution in [0.4, 0.5) is 4.39 Å². The van der Waals surface area contributed by atoms with Crippen LogP contribution in [0.25, 0.3) is 11.4 Å². The largest absolute Gasteiger partial charge is 0.390 e. The fraction of sp³-hybridized carbons (Fsp3) is 0.133. The molecular weight excluding hydrogens is 285 g/mol. The van der Waals surface area contributed by atoms with Crippen molar-refractivity contribution in [3.8, 4) is 11.4 Å². The highest BCUT2D eigenvalue weighted by molar-refractivity contribution is 5.54. The topological polar surface area (TPSA) is 93.7 Å². The fourth-order valence-corrected chi connectivity index (χ4v) is 2.00. The van der Waals surface area contributed by atoms with Crippen molar-refractivity contribution in [2.75, 3.05) is 0 Å². The summed E-state index contributed by atoms with van der Waals surface area (Å²) in [6.07, 6.45) is 2.26. The number of nitrogens with zero attached hydrogens (tertiary/aromatic N) is 3. The molecule has 3 rings (SSSR count). The van der Waals surface area contributed by atoms with Crippen LogP contribution >= 0.6 is 0 Å². The number of hydrogen-bond acceptors (Lipinski definition) is 4. The first kappa shape index (κ1) is 15.4. The van der Waals surface area contributed by atoms with Crippen molar-refractivity contribution in [2.45, 2.75) is 13.5 Å².